The van der Waals surface area contributed by atoms with Gasteiger partial charge in [0.05, 0.1) is 0 Å². The van der Waals surface area contributed by atoms with Crippen LogP contribution in [0.5, 0.6) is 0 Å². The van der Waals surface area contributed by atoms with Crippen molar-refractivity contribution in [2.24, 2.45) is 17.6 Å². The van der Waals surface area contributed by atoms with Crippen LogP contribution in [0.3, 0.4) is 0 Å². The molecular weight excluding hydrogens is 262 g/mol. The molecule has 0 aromatic rings. The molecule has 1 atom stereocenters. The molecule has 2 saturated heterocycles. The summed E-state index contributed by atoms with van der Waals surface area (Å²) in [5, 5.41) is 3.42. The summed E-state index contributed by atoms with van der Waals surface area (Å²) in [5.74, 6) is 1.42. The van der Waals surface area contributed by atoms with Gasteiger partial charge in [-0.25, -0.2) is 0 Å². The summed E-state index contributed by atoms with van der Waals surface area (Å²) in [4.78, 5) is 13.5. The van der Waals surface area contributed by atoms with Crippen molar-refractivity contribution in [1.82, 2.24) is 10.2 Å². The molecule has 2 fully saturated rings. The van der Waals surface area contributed by atoms with Gasteiger partial charge in [0.2, 0.25) is 5.91 Å². The molecular formula is C14H28ClN3O. The summed E-state index contributed by atoms with van der Waals surface area (Å²) in [6.45, 7) is 6.05. The highest BCUT2D eigenvalue weighted by atomic mass is 35.5. The number of likely N-dealkylation sites (tertiary alicyclic amines) is 1. The second-order valence-corrected chi connectivity index (χ2v) is 5.97. The number of piperidine rings is 2. The summed E-state index contributed by atoms with van der Waals surface area (Å²) < 4.78 is 0. The van der Waals surface area contributed by atoms with Gasteiger partial charge in [0.1, 0.15) is 0 Å². The van der Waals surface area contributed by atoms with Crippen LogP contribution in [-0.4, -0.2) is 43.5 Å². The topological polar surface area (TPSA) is 58.4 Å². The number of amides is 1. The first-order chi connectivity index (χ1) is 8.74. The zero-order valence-corrected chi connectivity index (χ0v) is 12.6. The van der Waals surface area contributed by atoms with Gasteiger partial charge in [-0.1, -0.05) is 0 Å². The molecule has 1 amide bonds. The number of rotatable bonds is 5. The van der Waals surface area contributed by atoms with Gasteiger partial charge in [0.25, 0.3) is 0 Å². The first kappa shape index (κ1) is 16.7. The van der Waals surface area contributed by atoms with E-state index in [-0.39, 0.29) is 18.3 Å². The first-order valence-electron chi connectivity index (χ1n) is 7.45. The van der Waals surface area contributed by atoms with Gasteiger partial charge >= 0.3 is 0 Å². The Labute approximate surface area is 122 Å². The number of nitrogens with one attached hydrogen (secondary N) is 1. The predicted octanol–water partition coefficient (Wildman–Crippen LogP) is 1.39. The highest BCUT2D eigenvalue weighted by Gasteiger charge is 2.23. The van der Waals surface area contributed by atoms with Crippen molar-refractivity contribution in [3.8, 4) is 0 Å². The van der Waals surface area contributed by atoms with Gasteiger partial charge in [-0.05, 0) is 63.6 Å². The van der Waals surface area contributed by atoms with Crippen molar-refractivity contribution >= 4 is 18.3 Å². The van der Waals surface area contributed by atoms with Crippen LogP contribution < -0.4 is 11.1 Å². The van der Waals surface area contributed by atoms with E-state index in [2.05, 4.69) is 10.2 Å². The maximum absolute atomic E-state index is 10.8. The Balaban J connectivity index is 0.00000180. The molecule has 1 unspecified atom stereocenters. The molecule has 0 saturated carbocycles. The molecule has 0 spiro atoms. The van der Waals surface area contributed by atoms with Crippen LogP contribution in [-0.2, 0) is 4.79 Å². The molecule has 0 aromatic carbocycles. The average Bonchev–Trinajstić information content (AvgIpc) is 2.38. The Hall–Kier alpha value is -0.320. The molecule has 0 bridgehead atoms. The lowest BCUT2D eigenvalue weighted by Gasteiger charge is -2.36. The molecule has 2 aliphatic heterocycles. The number of nitrogens with two attached hydrogens (primary N) is 1. The second kappa shape index (κ2) is 8.77. The van der Waals surface area contributed by atoms with Crippen molar-refractivity contribution in [3.63, 3.8) is 0 Å². The number of nitrogens with zero attached hydrogens (tertiary/aromatic N) is 1. The Morgan fingerprint density at radius 3 is 2.63 bits per heavy atom. The van der Waals surface area contributed by atoms with E-state index in [0.717, 1.165) is 12.3 Å². The Morgan fingerprint density at radius 2 is 1.95 bits per heavy atom. The minimum absolute atomic E-state index is 0. The molecule has 2 heterocycles. The normalized spacial score (nSPS) is 25.8. The zero-order valence-electron chi connectivity index (χ0n) is 11.8. The third-order valence-electron chi connectivity index (χ3n) is 4.38. The van der Waals surface area contributed by atoms with E-state index in [0.29, 0.717) is 12.3 Å². The van der Waals surface area contributed by atoms with E-state index in [1.807, 2.05) is 0 Å². The Bertz CT molecular complexity index is 269. The van der Waals surface area contributed by atoms with Crippen LogP contribution in [0.25, 0.3) is 0 Å². The molecule has 2 rings (SSSR count). The minimum Gasteiger partial charge on any atom is -0.370 e. The average molecular weight is 290 g/mol. The van der Waals surface area contributed by atoms with Gasteiger partial charge in [0.15, 0.2) is 0 Å². The Morgan fingerprint density at radius 1 is 1.21 bits per heavy atom. The number of primary amides is 1. The van der Waals surface area contributed by atoms with E-state index < -0.39 is 0 Å². The molecule has 19 heavy (non-hydrogen) atoms. The minimum atomic E-state index is -0.148. The summed E-state index contributed by atoms with van der Waals surface area (Å²) in [5.41, 5.74) is 5.23. The molecule has 3 N–H and O–H groups in total. The summed E-state index contributed by atoms with van der Waals surface area (Å²) in [6.07, 6.45) is 6.75. The van der Waals surface area contributed by atoms with E-state index in [1.165, 1.54) is 58.4 Å². The lowest BCUT2D eigenvalue weighted by atomic mass is 9.91. The molecule has 0 aliphatic carbocycles. The number of carbonyl (C=O) groups excluding carboxylic acids is 1. The van der Waals surface area contributed by atoms with Crippen LogP contribution in [0.2, 0.25) is 0 Å². The molecule has 4 nitrogen and oxygen atoms in total. The van der Waals surface area contributed by atoms with Crippen LogP contribution in [0, 0.1) is 11.8 Å². The Kier molecular flexibility index (Phi) is 7.73. The molecule has 0 radical (unpaired) electrons. The highest BCUT2D eigenvalue weighted by Crippen LogP contribution is 2.23. The standard InChI is InChI=1S/C14H27N3O.ClH/c15-14(18)4-3-12-2-1-9-17(10-12)11-13-5-7-16-8-6-13;/h12-13,16H,1-11H2,(H2,15,18);1H. The fraction of sp³-hybridized carbons (Fsp3) is 0.929. The van der Waals surface area contributed by atoms with E-state index >= 15 is 0 Å². The maximum atomic E-state index is 10.8. The molecule has 0 aromatic heterocycles. The van der Waals surface area contributed by atoms with Crippen LogP contribution >= 0.6 is 12.4 Å². The van der Waals surface area contributed by atoms with Crippen molar-refractivity contribution in [2.75, 3.05) is 32.7 Å². The predicted molar refractivity (Wildman–Crippen MR) is 80.4 cm³/mol. The lowest BCUT2D eigenvalue weighted by Crippen LogP contribution is -2.41. The monoisotopic (exact) mass is 289 g/mol. The fourth-order valence-electron chi connectivity index (χ4n) is 3.33. The smallest absolute Gasteiger partial charge is 0.217 e. The second-order valence-electron chi connectivity index (χ2n) is 5.97. The number of hydrogen-bond donors (Lipinski definition) is 2. The summed E-state index contributed by atoms with van der Waals surface area (Å²) in [7, 11) is 0. The van der Waals surface area contributed by atoms with Gasteiger partial charge in [-0.3, -0.25) is 4.79 Å². The van der Waals surface area contributed by atoms with Crippen LogP contribution in [0.4, 0.5) is 0 Å². The third-order valence-corrected chi connectivity index (χ3v) is 4.38. The quantitative estimate of drug-likeness (QED) is 0.804. The SMILES string of the molecule is Cl.NC(=O)CCC1CCCN(CC2CCNCC2)C1. The largest absolute Gasteiger partial charge is 0.370 e. The van der Waals surface area contributed by atoms with Crippen LogP contribution in [0.15, 0.2) is 0 Å². The summed E-state index contributed by atoms with van der Waals surface area (Å²) >= 11 is 0. The van der Waals surface area contributed by atoms with Crippen molar-refractivity contribution < 1.29 is 4.79 Å². The third kappa shape index (κ3) is 6.11. The van der Waals surface area contributed by atoms with Gasteiger partial charge < -0.3 is 16.0 Å². The molecule has 5 heteroatoms. The maximum Gasteiger partial charge on any atom is 0.217 e. The van der Waals surface area contributed by atoms with Crippen molar-refractivity contribution in [1.29, 1.82) is 0 Å². The highest BCUT2D eigenvalue weighted by molar-refractivity contribution is 5.85. The summed E-state index contributed by atoms with van der Waals surface area (Å²) in [6, 6.07) is 0. The van der Waals surface area contributed by atoms with Crippen molar-refractivity contribution in [3.05, 3.63) is 0 Å². The molecule has 2 aliphatic rings. The van der Waals surface area contributed by atoms with Crippen LogP contribution in [0.1, 0.15) is 38.5 Å². The number of carbonyl (C=O) groups is 1. The lowest BCUT2D eigenvalue weighted by molar-refractivity contribution is -0.118. The number of hydrogen-bond acceptors (Lipinski definition) is 3. The van der Waals surface area contributed by atoms with E-state index in [4.69, 9.17) is 5.73 Å². The van der Waals surface area contributed by atoms with Gasteiger partial charge in [0, 0.05) is 19.5 Å². The van der Waals surface area contributed by atoms with Gasteiger partial charge in [-0.2, -0.15) is 0 Å². The zero-order chi connectivity index (χ0) is 12.8. The number of halogens is 1. The van der Waals surface area contributed by atoms with E-state index in [9.17, 15) is 4.79 Å². The van der Waals surface area contributed by atoms with Crippen molar-refractivity contribution in [2.45, 2.75) is 38.5 Å². The van der Waals surface area contributed by atoms with Gasteiger partial charge in [-0.15, -0.1) is 12.4 Å². The first-order valence-corrected chi connectivity index (χ1v) is 7.45. The van der Waals surface area contributed by atoms with E-state index in [1.54, 1.807) is 0 Å². The molecule has 112 valence electrons. The fourth-order valence-corrected chi connectivity index (χ4v) is 3.33.